The van der Waals surface area contributed by atoms with Crippen molar-refractivity contribution in [1.82, 2.24) is 14.8 Å². The fourth-order valence-corrected chi connectivity index (χ4v) is 6.24. The summed E-state index contributed by atoms with van der Waals surface area (Å²) in [7, 11) is -6.30. The Bertz CT molecular complexity index is 1080. The molecule has 1 amide bonds. The van der Waals surface area contributed by atoms with Crippen LogP contribution in [0.1, 0.15) is 84.6 Å². The predicted molar refractivity (Wildman–Crippen MR) is 160 cm³/mol. The van der Waals surface area contributed by atoms with Crippen LogP contribution >= 0.6 is 0 Å². The van der Waals surface area contributed by atoms with Gasteiger partial charge in [0.15, 0.2) is 0 Å². The van der Waals surface area contributed by atoms with Crippen LogP contribution in [0.25, 0.3) is 0 Å². The fraction of sp³-hybridized carbons (Fsp3) is 0.750. The van der Waals surface area contributed by atoms with Gasteiger partial charge in [-0.25, -0.2) is 31.1 Å². The summed E-state index contributed by atoms with van der Waals surface area (Å²) in [5.74, 6) is 0.797. The maximum absolute atomic E-state index is 11.9. The predicted octanol–water partition coefficient (Wildman–Crippen LogP) is 3.63. The van der Waals surface area contributed by atoms with Gasteiger partial charge in [-0.2, -0.15) is 0 Å². The van der Waals surface area contributed by atoms with Crippen LogP contribution in [0.5, 0.6) is 0 Å². The van der Waals surface area contributed by atoms with E-state index in [9.17, 15) is 21.6 Å². The highest BCUT2D eigenvalue weighted by Gasteiger charge is 2.25. The Morgan fingerprint density at radius 2 is 1.25 bits per heavy atom. The van der Waals surface area contributed by atoms with Crippen molar-refractivity contribution in [2.24, 2.45) is 17.6 Å². The quantitative estimate of drug-likeness (QED) is 0.301. The van der Waals surface area contributed by atoms with Gasteiger partial charge in [-0.1, -0.05) is 30.3 Å². The number of hydrogen-bond acceptors (Lipinski definition) is 7. The van der Waals surface area contributed by atoms with Gasteiger partial charge in [-0.05, 0) is 96.5 Å². The Hall–Kier alpha value is -1.73. The van der Waals surface area contributed by atoms with Crippen molar-refractivity contribution in [2.45, 2.75) is 108 Å². The molecule has 0 heterocycles. The number of nitrogens with two attached hydrogens (primary N) is 1. The summed E-state index contributed by atoms with van der Waals surface area (Å²) in [5.41, 5.74) is 6.75. The van der Waals surface area contributed by atoms with Gasteiger partial charge >= 0.3 is 6.09 Å². The van der Waals surface area contributed by atoms with Crippen LogP contribution < -0.4 is 20.5 Å². The molecule has 0 unspecified atom stereocenters. The van der Waals surface area contributed by atoms with Gasteiger partial charge in [0.1, 0.15) is 6.61 Å². The second kappa shape index (κ2) is 16.6. The molecule has 230 valence electrons. The molecule has 0 aliphatic heterocycles. The van der Waals surface area contributed by atoms with Gasteiger partial charge in [0.2, 0.25) is 20.0 Å². The first-order valence-electron chi connectivity index (χ1n) is 14.5. The zero-order chi connectivity index (χ0) is 29.8. The number of benzene rings is 1. The summed E-state index contributed by atoms with van der Waals surface area (Å²) < 4.78 is 57.2. The van der Waals surface area contributed by atoms with Crippen molar-refractivity contribution >= 4 is 26.1 Å². The standard InChI is InChI=1S/C18H28N2O4S.C10H22N2O2S/c1-14(2)25(22,23)19-12-15-8-10-17(11-9-15)20-18(21)24-13-16-6-4-3-5-7-16;1-8(2)15(13,14)12-7-9-3-5-10(11)6-4-9/h3-7,14-15,17,19H,8-13H2,1-2H3,(H,20,21);8-10,12H,3-7,11H2,1-2H3/t15-,17-;. The number of sulfonamides is 2. The van der Waals surface area contributed by atoms with Crippen LogP contribution in [0.15, 0.2) is 30.3 Å². The summed E-state index contributed by atoms with van der Waals surface area (Å²) in [5, 5.41) is 2.14. The molecule has 1 aromatic carbocycles. The molecule has 2 saturated carbocycles. The Labute approximate surface area is 241 Å². The third kappa shape index (κ3) is 12.8. The van der Waals surface area contributed by atoms with Gasteiger partial charge in [-0.15, -0.1) is 0 Å². The van der Waals surface area contributed by atoms with Gasteiger partial charge in [0.05, 0.1) is 10.5 Å². The number of carbonyl (C=O) groups is 1. The molecule has 0 spiro atoms. The summed E-state index contributed by atoms with van der Waals surface area (Å²) in [6.45, 7) is 8.05. The summed E-state index contributed by atoms with van der Waals surface area (Å²) in [6.07, 6.45) is 7.20. The maximum Gasteiger partial charge on any atom is 0.407 e. The van der Waals surface area contributed by atoms with Gasteiger partial charge < -0.3 is 15.8 Å². The molecular formula is C28H50N4O6S2. The van der Waals surface area contributed by atoms with E-state index in [1.54, 1.807) is 27.7 Å². The number of amides is 1. The summed E-state index contributed by atoms with van der Waals surface area (Å²) in [6, 6.07) is 9.98. The minimum absolute atomic E-state index is 0.0984. The van der Waals surface area contributed by atoms with E-state index in [-0.39, 0.29) is 17.9 Å². The molecule has 10 nitrogen and oxygen atoms in total. The second-order valence-electron chi connectivity index (χ2n) is 11.6. The van der Waals surface area contributed by atoms with Crippen LogP contribution in [0.2, 0.25) is 0 Å². The highest BCUT2D eigenvalue weighted by Crippen LogP contribution is 2.24. The van der Waals surface area contributed by atoms with Crippen molar-refractivity contribution in [2.75, 3.05) is 13.1 Å². The van der Waals surface area contributed by atoms with E-state index >= 15 is 0 Å². The molecule has 40 heavy (non-hydrogen) atoms. The maximum atomic E-state index is 11.9. The third-order valence-corrected chi connectivity index (χ3v) is 11.3. The van der Waals surface area contributed by atoms with E-state index in [1.165, 1.54) is 0 Å². The van der Waals surface area contributed by atoms with Crippen molar-refractivity contribution in [1.29, 1.82) is 0 Å². The zero-order valence-electron chi connectivity index (χ0n) is 24.5. The van der Waals surface area contributed by atoms with Crippen LogP contribution in [0.3, 0.4) is 0 Å². The average molecular weight is 603 g/mol. The average Bonchev–Trinajstić information content (AvgIpc) is 2.92. The van der Waals surface area contributed by atoms with Crippen molar-refractivity contribution in [3.8, 4) is 0 Å². The molecule has 1 aromatic rings. The zero-order valence-corrected chi connectivity index (χ0v) is 26.1. The van der Waals surface area contributed by atoms with Crippen molar-refractivity contribution in [3.05, 3.63) is 35.9 Å². The number of rotatable bonds is 11. The minimum Gasteiger partial charge on any atom is -0.445 e. The van der Waals surface area contributed by atoms with E-state index in [4.69, 9.17) is 10.5 Å². The number of ether oxygens (including phenoxy) is 1. The molecule has 0 atom stereocenters. The summed E-state index contributed by atoms with van der Waals surface area (Å²) in [4.78, 5) is 11.9. The number of hydrogen-bond donors (Lipinski definition) is 4. The lowest BCUT2D eigenvalue weighted by Gasteiger charge is -2.29. The lowest BCUT2D eigenvalue weighted by atomic mass is 9.86. The SMILES string of the molecule is CC(C)S(=O)(=O)NCC1CCC(N)CC1.CC(C)S(=O)(=O)NC[C@H]1CC[C@H](NC(=O)OCc2ccccc2)CC1. The van der Waals surface area contributed by atoms with E-state index in [1.807, 2.05) is 30.3 Å². The molecule has 0 radical (unpaired) electrons. The largest absolute Gasteiger partial charge is 0.445 e. The lowest BCUT2D eigenvalue weighted by molar-refractivity contribution is 0.131. The van der Waals surface area contributed by atoms with Crippen LogP contribution in [-0.2, 0) is 31.4 Å². The van der Waals surface area contributed by atoms with Crippen LogP contribution in [0, 0.1) is 11.8 Å². The van der Waals surface area contributed by atoms with Crippen LogP contribution in [0.4, 0.5) is 4.79 Å². The Balaban J connectivity index is 0.000000319. The number of alkyl carbamates (subject to hydrolysis) is 1. The first-order valence-corrected chi connectivity index (χ1v) is 17.6. The molecular weight excluding hydrogens is 552 g/mol. The smallest absolute Gasteiger partial charge is 0.407 e. The first-order chi connectivity index (χ1) is 18.8. The molecule has 5 N–H and O–H groups in total. The van der Waals surface area contributed by atoms with Gasteiger partial charge in [-0.3, -0.25) is 0 Å². The molecule has 2 aliphatic carbocycles. The second-order valence-corrected chi connectivity index (χ2v) is 16.2. The van der Waals surface area contributed by atoms with Crippen molar-refractivity contribution in [3.63, 3.8) is 0 Å². The van der Waals surface area contributed by atoms with E-state index in [2.05, 4.69) is 14.8 Å². The molecule has 0 saturated heterocycles. The van der Waals surface area contributed by atoms with E-state index in [0.29, 0.717) is 31.0 Å². The molecule has 2 aliphatic rings. The van der Waals surface area contributed by atoms with Gasteiger partial charge in [0, 0.05) is 25.2 Å². The Morgan fingerprint density at radius 3 is 1.70 bits per heavy atom. The molecule has 3 rings (SSSR count). The van der Waals surface area contributed by atoms with Crippen molar-refractivity contribution < 1.29 is 26.4 Å². The van der Waals surface area contributed by atoms with E-state index in [0.717, 1.165) is 56.9 Å². The molecule has 0 aromatic heterocycles. The summed E-state index contributed by atoms with van der Waals surface area (Å²) >= 11 is 0. The van der Waals surface area contributed by atoms with Gasteiger partial charge in [0.25, 0.3) is 0 Å². The highest BCUT2D eigenvalue weighted by molar-refractivity contribution is 7.90. The Morgan fingerprint density at radius 1 is 0.800 bits per heavy atom. The number of nitrogens with one attached hydrogen (secondary N) is 3. The monoisotopic (exact) mass is 602 g/mol. The normalized spacial score (nSPS) is 23.8. The molecule has 12 heteroatoms. The number of carbonyl (C=O) groups excluding carboxylic acids is 1. The lowest BCUT2D eigenvalue weighted by Crippen LogP contribution is -2.40. The molecule has 0 bridgehead atoms. The minimum atomic E-state index is -3.20. The molecule has 2 fully saturated rings. The Kier molecular flexibility index (Phi) is 14.3. The van der Waals surface area contributed by atoms with E-state index < -0.39 is 31.4 Å². The highest BCUT2D eigenvalue weighted by atomic mass is 32.2. The first kappa shape index (κ1) is 34.5. The fourth-order valence-electron chi connectivity index (χ4n) is 4.64. The third-order valence-electron chi connectivity index (χ3n) is 7.66. The topological polar surface area (TPSA) is 157 Å². The van der Waals surface area contributed by atoms with Crippen LogP contribution in [-0.4, -0.2) is 58.6 Å².